The Morgan fingerprint density at radius 2 is 2.04 bits per heavy atom. The fourth-order valence-corrected chi connectivity index (χ4v) is 3.70. The Kier molecular flexibility index (Phi) is 6.62. The molecule has 7 nitrogen and oxygen atoms in total. The number of aliphatic hydroxyl groups excluding tert-OH is 2. The predicted octanol–water partition coefficient (Wildman–Crippen LogP) is 0.979. The summed E-state index contributed by atoms with van der Waals surface area (Å²) in [7, 11) is 0. The van der Waals surface area contributed by atoms with Gasteiger partial charge in [0.15, 0.2) is 0 Å². The van der Waals surface area contributed by atoms with Crippen molar-refractivity contribution in [1.29, 1.82) is 0 Å². The monoisotopic (exact) mass is 373 g/mol. The van der Waals surface area contributed by atoms with Gasteiger partial charge in [-0.2, -0.15) is 0 Å². The van der Waals surface area contributed by atoms with Crippen molar-refractivity contribution in [3.8, 4) is 0 Å². The van der Waals surface area contributed by atoms with Crippen LogP contribution >= 0.6 is 0 Å². The molecule has 2 atom stereocenters. The molecule has 6 N–H and O–H groups in total. The lowest BCUT2D eigenvalue weighted by Crippen LogP contribution is -2.44. The summed E-state index contributed by atoms with van der Waals surface area (Å²) in [5.41, 5.74) is 9.37. The second-order valence-corrected chi connectivity index (χ2v) is 7.36. The van der Waals surface area contributed by atoms with Crippen molar-refractivity contribution in [2.45, 2.75) is 45.1 Å². The van der Waals surface area contributed by atoms with Crippen LogP contribution in [0.4, 0.5) is 5.82 Å². The van der Waals surface area contributed by atoms with Crippen LogP contribution in [0.2, 0.25) is 0 Å². The molecule has 3 rings (SSSR count). The topological polar surface area (TPSA) is 107 Å². The van der Waals surface area contributed by atoms with Crippen LogP contribution in [0, 0.1) is 6.92 Å². The summed E-state index contributed by atoms with van der Waals surface area (Å²) in [5.74, 6) is 0.882. The average molecular weight is 374 g/mol. The van der Waals surface area contributed by atoms with Crippen molar-refractivity contribution in [1.82, 2.24) is 15.6 Å². The lowest BCUT2D eigenvalue weighted by atomic mass is 10.0. The van der Waals surface area contributed by atoms with Crippen molar-refractivity contribution < 1.29 is 10.2 Å². The number of nitrogens with two attached hydrogens (primary N) is 1. The van der Waals surface area contributed by atoms with Gasteiger partial charge in [-0.25, -0.2) is 4.98 Å². The van der Waals surface area contributed by atoms with E-state index < -0.39 is 12.4 Å². The van der Waals surface area contributed by atoms with E-state index in [0.717, 1.165) is 48.2 Å². The minimum atomic E-state index is -0.700. The van der Waals surface area contributed by atoms with Crippen LogP contribution in [-0.4, -0.2) is 53.7 Å². The highest BCUT2D eigenvalue weighted by atomic mass is 16.3. The summed E-state index contributed by atoms with van der Waals surface area (Å²) < 4.78 is 0. The molecule has 1 aromatic carbocycles. The quantitative estimate of drug-likeness (QED) is 0.461. The number of hydrogen-bond acceptors (Lipinski definition) is 7. The van der Waals surface area contributed by atoms with E-state index >= 15 is 0 Å². The standard InChI is InChI=1S/C20H31N5O2/c1-13-3-4-18-15(11-13)12-17(19(21)23-14(2)27)20(24-18)25-8-5-16(6-9-25)22-7-10-26/h3-4,11-12,14,16,19,22-23,26-27H,5-10,21H2,1-2H3. The first-order valence-electron chi connectivity index (χ1n) is 9.68. The molecule has 0 spiro atoms. The van der Waals surface area contributed by atoms with Crippen molar-refractivity contribution >= 4 is 16.7 Å². The molecular weight excluding hydrogens is 342 g/mol. The van der Waals surface area contributed by atoms with Crippen molar-refractivity contribution in [3.05, 3.63) is 35.4 Å². The SMILES string of the molecule is Cc1ccc2nc(N3CCC(NCCO)CC3)c(C(N)NC(C)O)cc2c1. The maximum Gasteiger partial charge on any atom is 0.135 e. The normalized spacial score (nSPS) is 18.0. The Bertz CT molecular complexity index is 759. The Balaban J connectivity index is 1.89. The highest BCUT2D eigenvalue weighted by Gasteiger charge is 2.24. The second kappa shape index (κ2) is 8.95. The summed E-state index contributed by atoms with van der Waals surface area (Å²) in [6.07, 6.45) is 0.787. The number of fused-ring (bicyclic) bond motifs is 1. The van der Waals surface area contributed by atoms with Gasteiger partial charge >= 0.3 is 0 Å². The van der Waals surface area contributed by atoms with Gasteiger partial charge in [0.1, 0.15) is 12.0 Å². The van der Waals surface area contributed by atoms with Gasteiger partial charge in [0.2, 0.25) is 0 Å². The molecule has 2 aromatic rings. The fourth-order valence-electron chi connectivity index (χ4n) is 3.70. The minimum Gasteiger partial charge on any atom is -0.395 e. The lowest BCUT2D eigenvalue weighted by Gasteiger charge is -2.35. The van der Waals surface area contributed by atoms with Gasteiger partial charge in [-0.3, -0.25) is 5.32 Å². The van der Waals surface area contributed by atoms with E-state index in [1.54, 1.807) is 6.92 Å². The van der Waals surface area contributed by atoms with Crippen molar-refractivity contribution in [2.24, 2.45) is 5.73 Å². The minimum absolute atomic E-state index is 0.163. The summed E-state index contributed by atoms with van der Waals surface area (Å²) in [6.45, 7) is 6.27. The number of nitrogens with zero attached hydrogens (tertiary/aromatic N) is 2. The highest BCUT2D eigenvalue weighted by Crippen LogP contribution is 2.29. The molecule has 27 heavy (non-hydrogen) atoms. The van der Waals surface area contributed by atoms with Crippen LogP contribution in [0.25, 0.3) is 10.9 Å². The van der Waals surface area contributed by atoms with Gasteiger partial charge in [-0.05, 0) is 44.9 Å². The number of pyridine rings is 1. The Morgan fingerprint density at radius 3 is 2.70 bits per heavy atom. The van der Waals surface area contributed by atoms with Crippen LogP contribution in [0.15, 0.2) is 24.3 Å². The molecule has 0 aliphatic carbocycles. The van der Waals surface area contributed by atoms with E-state index in [2.05, 4.69) is 40.7 Å². The number of rotatable bonds is 7. The van der Waals surface area contributed by atoms with Gasteiger partial charge in [-0.1, -0.05) is 11.6 Å². The summed E-state index contributed by atoms with van der Waals surface area (Å²) in [6, 6.07) is 8.72. The molecule has 0 amide bonds. The molecule has 0 bridgehead atoms. The number of aliphatic hydroxyl groups is 2. The maximum absolute atomic E-state index is 9.71. The highest BCUT2D eigenvalue weighted by molar-refractivity contribution is 5.82. The number of piperidine rings is 1. The van der Waals surface area contributed by atoms with E-state index in [4.69, 9.17) is 15.8 Å². The Labute approximate surface area is 160 Å². The number of aromatic nitrogens is 1. The van der Waals surface area contributed by atoms with Crippen molar-refractivity contribution in [3.63, 3.8) is 0 Å². The molecular formula is C20H31N5O2. The first kappa shape index (κ1) is 20.0. The zero-order chi connectivity index (χ0) is 19.4. The van der Waals surface area contributed by atoms with Crippen LogP contribution < -0.4 is 21.3 Å². The third-order valence-corrected chi connectivity index (χ3v) is 5.07. The molecule has 2 heterocycles. The summed E-state index contributed by atoms with van der Waals surface area (Å²) in [4.78, 5) is 7.19. The van der Waals surface area contributed by atoms with E-state index in [9.17, 15) is 5.11 Å². The summed E-state index contributed by atoms with van der Waals surface area (Å²) in [5, 5.41) is 26.1. The smallest absolute Gasteiger partial charge is 0.135 e. The molecule has 1 aliphatic rings. The molecule has 1 aliphatic heterocycles. The van der Waals surface area contributed by atoms with Gasteiger partial charge in [0.25, 0.3) is 0 Å². The molecule has 7 heteroatoms. The van der Waals surface area contributed by atoms with Crippen LogP contribution in [0.5, 0.6) is 0 Å². The molecule has 0 saturated carbocycles. The van der Waals surface area contributed by atoms with E-state index in [1.807, 2.05) is 6.07 Å². The van der Waals surface area contributed by atoms with Gasteiger partial charge in [-0.15, -0.1) is 0 Å². The van der Waals surface area contributed by atoms with Crippen molar-refractivity contribution in [2.75, 3.05) is 31.1 Å². The number of aryl methyl sites for hydroxylation is 1. The number of nitrogens with one attached hydrogen (secondary N) is 2. The molecule has 1 aromatic heterocycles. The van der Waals surface area contributed by atoms with E-state index in [0.29, 0.717) is 12.6 Å². The van der Waals surface area contributed by atoms with E-state index in [-0.39, 0.29) is 6.61 Å². The molecule has 1 saturated heterocycles. The zero-order valence-electron chi connectivity index (χ0n) is 16.2. The van der Waals surface area contributed by atoms with Crippen LogP contribution in [0.1, 0.15) is 37.1 Å². The van der Waals surface area contributed by atoms with Gasteiger partial charge in [0, 0.05) is 36.6 Å². The molecule has 0 radical (unpaired) electrons. The first-order chi connectivity index (χ1) is 13.0. The Morgan fingerprint density at radius 1 is 1.30 bits per heavy atom. The number of hydrogen-bond donors (Lipinski definition) is 5. The van der Waals surface area contributed by atoms with Gasteiger partial charge < -0.3 is 26.2 Å². The molecule has 148 valence electrons. The predicted molar refractivity (Wildman–Crippen MR) is 109 cm³/mol. The van der Waals surface area contributed by atoms with E-state index in [1.165, 1.54) is 5.56 Å². The third-order valence-electron chi connectivity index (χ3n) is 5.07. The second-order valence-electron chi connectivity index (χ2n) is 7.36. The Hall–Kier alpha value is -1.77. The molecule has 2 unspecified atom stereocenters. The van der Waals surface area contributed by atoms with Crippen LogP contribution in [0.3, 0.4) is 0 Å². The first-order valence-corrected chi connectivity index (χ1v) is 9.68. The lowest BCUT2D eigenvalue weighted by molar-refractivity contribution is 0.141. The molecule has 1 fully saturated rings. The summed E-state index contributed by atoms with van der Waals surface area (Å²) >= 11 is 0. The number of anilines is 1. The average Bonchev–Trinajstić information content (AvgIpc) is 2.65. The largest absolute Gasteiger partial charge is 0.395 e. The maximum atomic E-state index is 9.71. The fraction of sp³-hybridized carbons (Fsp3) is 0.550. The number of benzene rings is 1. The van der Waals surface area contributed by atoms with Gasteiger partial charge in [0.05, 0.1) is 18.3 Å². The van der Waals surface area contributed by atoms with Crippen LogP contribution in [-0.2, 0) is 0 Å². The third kappa shape index (κ3) is 4.94. The zero-order valence-corrected chi connectivity index (χ0v) is 16.2.